The summed E-state index contributed by atoms with van der Waals surface area (Å²) in [5.74, 6) is 1.24. The molecule has 8 nitrogen and oxygen atoms in total. The Kier molecular flexibility index (Phi) is 7.11. The van der Waals surface area contributed by atoms with Gasteiger partial charge < -0.3 is 19.8 Å². The van der Waals surface area contributed by atoms with E-state index in [9.17, 15) is 9.59 Å². The summed E-state index contributed by atoms with van der Waals surface area (Å²) in [5.41, 5.74) is 1.98. The van der Waals surface area contributed by atoms with Gasteiger partial charge in [0.2, 0.25) is 5.91 Å². The molecular formula is C24H22N4O4S. The molecule has 0 aliphatic heterocycles. The summed E-state index contributed by atoms with van der Waals surface area (Å²) < 4.78 is 12.2. The number of thioether (sulfide) groups is 1. The van der Waals surface area contributed by atoms with Crippen LogP contribution in [0.3, 0.4) is 0 Å². The Balaban J connectivity index is 1.37. The van der Waals surface area contributed by atoms with E-state index in [1.807, 2.05) is 16.7 Å². The Morgan fingerprint density at radius 3 is 2.73 bits per heavy atom. The number of amides is 2. The topological polar surface area (TPSA) is 98.4 Å². The lowest BCUT2D eigenvalue weighted by Crippen LogP contribution is -2.22. The zero-order chi connectivity index (χ0) is 23.0. The van der Waals surface area contributed by atoms with Gasteiger partial charge in [0.05, 0.1) is 25.7 Å². The molecule has 0 saturated carbocycles. The predicted molar refractivity (Wildman–Crippen MR) is 126 cm³/mol. The van der Waals surface area contributed by atoms with E-state index in [-0.39, 0.29) is 17.6 Å². The average molecular weight is 463 g/mol. The van der Waals surface area contributed by atoms with E-state index >= 15 is 0 Å². The van der Waals surface area contributed by atoms with Gasteiger partial charge in [0.15, 0.2) is 5.16 Å². The summed E-state index contributed by atoms with van der Waals surface area (Å²) in [6.07, 6.45) is 5.02. The van der Waals surface area contributed by atoms with Gasteiger partial charge in [0, 0.05) is 29.3 Å². The molecule has 0 radical (unpaired) electrons. The van der Waals surface area contributed by atoms with Crippen molar-refractivity contribution in [1.82, 2.24) is 14.9 Å². The first-order chi connectivity index (χ1) is 16.1. The number of nitrogens with one attached hydrogen (secondary N) is 2. The minimum absolute atomic E-state index is 0.147. The van der Waals surface area contributed by atoms with Gasteiger partial charge >= 0.3 is 0 Å². The molecular weight excluding hydrogens is 440 g/mol. The highest BCUT2D eigenvalue weighted by Crippen LogP contribution is 2.22. The first kappa shape index (κ1) is 22.2. The molecule has 0 spiro atoms. The second kappa shape index (κ2) is 10.6. The highest BCUT2D eigenvalue weighted by molar-refractivity contribution is 7.99. The van der Waals surface area contributed by atoms with Gasteiger partial charge in [-0.05, 0) is 54.6 Å². The van der Waals surface area contributed by atoms with Crippen LogP contribution in [0.25, 0.3) is 5.69 Å². The van der Waals surface area contributed by atoms with Crippen molar-refractivity contribution in [2.75, 3.05) is 18.2 Å². The summed E-state index contributed by atoms with van der Waals surface area (Å²) in [4.78, 5) is 29.2. The molecule has 0 unspecified atom stereocenters. The molecule has 0 saturated heterocycles. The van der Waals surface area contributed by atoms with Crippen molar-refractivity contribution < 1.29 is 18.7 Å². The van der Waals surface area contributed by atoms with Crippen LogP contribution in [0.5, 0.6) is 5.75 Å². The van der Waals surface area contributed by atoms with E-state index in [0.717, 1.165) is 11.4 Å². The maximum atomic E-state index is 12.5. The fourth-order valence-corrected chi connectivity index (χ4v) is 3.85. The monoisotopic (exact) mass is 462 g/mol. The molecule has 4 aromatic rings. The van der Waals surface area contributed by atoms with E-state index < -0.39 is 0 Å². The Hall–Kier alpha value is -3.98. The maximum Gasteiger partial charge on any atom is 0.251 e. The van der Waals surface area contributed by atoms with Gasteiger partial charge in [0.1, 0.15) is 11.5 Å². The zero-order valence-electron chi connectivity index (χ0n) is 17.9. The standard InChI is InChI=1S/C24H22N4O4S/c1-31-20-9-7-18(8-10-20)27-22(29)16-33-24-25-11-12-28(24)19-5-2-4-17(14-19)23(30)26-15-21-6-3-13-32-21/h2-14H,15-16H2,1H3,(H,26,30)(H,27,29). The normalized spacial score (nSPS) is 10.6. The van der Waals surface area contributed by atoms with E-state index in [1.165, 1.54) is 11.8 Å². The fourth-order valence-electron chi connectivity index (χ4n) is 3.07. The second-order valence-electron chi connectivity index (χ2n) is 6.96. The van der Waals surface area contributed by atoms with Crippen LogP contribution in [-0.4, -0.2) is 34.2 Å². The van der Waals surface area contributed by atoms with Gasteiger partial charge in [0.25, 0.3) is 5.91 Å². The quantitative estimate of drug-likeness (QED) is 0.363. The third-order valence-corrected chi connectivity index (χ3v) is 5.67. The van der Waals surface area contributed by atoms with Crippen LogP contribution >= 0.6 is 11.8 Å². The zero-order valence-corrected chi connectivity index (χ0v) is 18.7. The van der Waals surface area contributed by atoms with Crippen LogP contribution in [0.2, 0.25) is 0 Å². The molecule has 168 valence electrons. The summed E-state index contributed by atoms with van der Waals surface area (Å²) in [6.45, 7) is 0.311. The summed E-state index contributed by atoms with van der Waals surface area (Å²) in [7, 11) is 1.59. The van der Waals surface area contributed by atoms with E-state index in [0.29, 0.717) is 28.7 Å². The third kappa shape index (κ3) is 5.83. The van der Waals surface area contributed by atoms with E-state index in [1.54, 1.807) is 74.3 Å². The lowest BCUT2D eigenvalue weighted by Gasteiger charge is -2.10. The molecule has 0 aliphatic rings. The molecule has 0 aliphatic carbocycles. The molecule has 0 bridgehead atoms. The molecule has 33 heavy (non-hydrogen) atoms. The van der Waals surface area contributed by atoms with Gasteiger partial charge in [-0.2, -0.15) is 0 Å². The molecule has 0 atom stereocenters. The van der Waals surface area contributed by atoms with Gasteiger partial charge in [-0.25, -0.2) is 4.98 Å². The highest BCUT2D eigenvalue weighted by Gasteiger charge is 2.12. The summed E-state index contributed by atoms with van der Waals surface area (Å²) in [5, 5.41) is 6.33. The highest BCUT2D eigenvalue weighted by atomic mass is 32.2. The van der Waals surface area contributed by atoms with Crippen LogP contribution in [0.15, 0.2) is 88.9 Å². The molecule has 2 heterocycles. The third-order valence-electron chi connectivity index (χ3n) is 4.70. The van der Waals surface area contributed by atoms with Crippen molar-refractivity contribution in [3.05, 3.63) is 90.6 Å². The van der Waals surface area contributed by atoms with Crippen molar-refractivity contribution in [2.24, 2.45) is 0 Å². The number of nitrogens with zero attached hydrogens (tertiary/aromatic N) is 2. The van der Waals surface area contributed by atoms with Crippen molar-refractivity contribution in [3.63, 3.8) is 0 Å². The first-order valence-electron chi connectivity index (χ1n) is 10.1. The molecule has 0 fully saturated rings. The number of ether oxygens (including phenoxy) is 1. The number of imidazole rings is 1. The number of hydrogen-bond donors (Lipinski definition) is 2. The molecule has 2 amide bonds. The van der Waals surface area contributed by atoms with Crippen molar-refractivity contribution in [3.8, 4) is 11.4 Å². The van der Waals surface area contributed by atoms with Crippen LogP contribution in [0.1, 0.15) is 16.1 Å². The first-order valence-corrected chi connectivity index (χ1v) is 11.1. The average Bonchev–Trinajstić information content (AvgIpc) is 3.54. The number of carbonyl (C=O) groups is 2. The van der Waals surface area contributed by atoms with Gasteiger partial charge in [-0.15, -0.1) is 0 Å². The molecule has 2 aromatic heterocycles. The lowest BCUT2D eigenvalue weighted by atomic mass is 10.2. The van der Waals surface area contributed by atoms with Crippen LogP contribution in [-0.2, 0) is 11.3 Å². The van der Waals surface area contributed by atoms with Crippen molar-refractivity contribution in [1.29, 1.82) is 0 Å². The maximum absolute atomic E-state index is 12.5. The fraction of sp³-hybridized carbons (Fsp3) is 0.125. The number of carbonyl (C=O) groups excluding carboxylic acids is 2. The van der Waals surface area contributed by atoms with E-state index in [2.05, 4.69) is 15.6 Å². The Morgan fingerprint density at radius 2 is 1.97 bits per heavy atom. The number of benzene rings is 2. The second-order valence-corrected chi connectivity index (χ2v) is 7.90. The largest absolute Gasteiger partial charge is 0.497 e. The van der Waals surface area contributed by atoms with Crippen molar-refractivity contribution >= 4 is 29.3 Å². The molecule has 2 N–H and O–H groups in total. The molecule has 9 heteroatoms. The Bertz CT molecular complexity index is 1220. The number of aromatic nitrogens is 2. The predicted octanol–water partition coefficient (Wildman–Crippen LogP) is 4.13. The number of hydrogen-bond acceptors (Lipinski definition) is 6. The van der Waals surface area contributed by atoms with E-state index in [4.69, 9.17) is 9.15 Å². The Labute approximate surface area is 195 Å². The van der Waals surface area contributed by atoms with Crippen LogP contribution in [0.4, 0.5) is 5.69 Å². The SMILES string of the molecule is COc1ccc(NC(=O)CSc2nccn2-c2cccc(C(=O)NCc3ccco3)c2)cc1. The lowest BCUT2D eigenvalue weighted by molar-refractivity contribution is -0.113. The summed E-state index contributed by atoms with van der Waals surface area (Å²) >= 11 is 1.31. The minimum Gasteiger partial charge on any atom is -0.497 e. The summed E-state index contributed by atoms with van der Waals surface area (Å²) in [6, 6.07) is 17.9. The molecule has 2 aromatic carbocycles. The number of rotatable bonds is 9. The number of anilines is 1. The minimum atomic E-state index is -0.207. The van der Waals surface area contributed by atoms with Crippen molar-refractivity contribution in [2.45, 2.75) is 11.7 Å². The van der Waals surface area contributed by atoms with Gasteiger partial charge in [-0.1, -0.05) is 17.8 Å². The smallest absolute Gasteiger partial charge is 0.251 e. The van der Waals surface area contributed by atoms with Crippen LogP contribution < -0.4 is 15.4 Å². The van der Waals surface area contributed by atoms with Crippen LogP contribution in [0, 0.1) is 0 Å². The number of furan rings is 1. The Morgan fingerprint density at radius 1 is 1.12 bits per heavy atom. The number of methoxy groups -OCH3 is 1. The van der Waals surface area contributed by atoms with Gasteiger partial charge in [-0.3, -0.25) is 14.2 Å². The molecule has 4 rings (SSSR count).